The van der Waals surface area contributed by atoms with Crippen LogP contribution in [0.4, 0.5) is 0 Å². The van der Waals surface area contributed by atoms with Gasteiger partial charge in [-0.1, -0.05) is 30.3 Å². The van der Waals surface area contributed by atoms with Crippen LogP contribution >= 0.6 is 0 Å². The van der Waals surface area contributed by atoms with Crippen LogP contribution in [0, 0.1) is 5.92 Å². The topological polar surface area (TPSA) is 71.4 Å². The summed E-state index contributed by atoms with van der Waals surface area (Å²) in [5, 5.41) is 8.99. The first-order chi connectivity index (χ1) is 8.02. The quantitative estimate of drug-likeness (QED) is 0.603. The van der Waals surface area contributed by atoms with Crippen molar-refractivity contribution in [2.45, 2.75) is 19.8 Å². The lowest BCUT2D eigenvalue weighted by atomic mass is 9.93. The van der Waals surface area contributed by atoms with E-state index in [9.17, 15) is 14.4 Å². The second kappa shape index (κ2) is 5.94. The molecule has 1 N–H and O–H groups in total. The molecule has 0 aliphatic heterocycles. The molecule has 0 saturated heterocycles. The molecule has 1 rings (SSSR count). The van der Waals surface area contributed by atoms with Crippen LogP contribution in [0.3, 0.4) is 0 Å². The molecule has 0 bridgehead atoms. The molecule has 1 unspecified atom stereocenters. The Kier molecular flexibility index (Phi) is 4.57. The second-order valence-corrected chi connectivity index (χ2v) is 3.86. The molecule has 4 heteroatoms. The van der Waals surface area contributed by atoms with Gasteiger partial charge in [0.15, 0.2) is 5.78 Å². The zero-order valence-corrected chi connectivity index (χ0v) is 9.55. The Balaban J connectivity index is 2.81. The number of carbonyl (C=O) groups is 3. The standard InChI is InChI=1S/C13H14O4/c1-9(14)7-8-11(13(16)17)12(15)10-5-3-2-4-6-10/h2-6,11H,7-8H2,1H3,(H,16,17). The summed E-state index contributed by atoms with van der Waals surface area (Å²) in [4.78, 5) is 33.7. The van der Waals surface area contributed by atoms with Crippen LogP contribution in [-0.4, -0.2) is 22.6 Å². The molecular formula is C13H14O4. The van der Waals surface area contributed by atoms with Crippen LogP contribution in [-0.2, 0) is 9.59 Å². The minimum atomic E-state index is -1.18. The number of carboxylic acids is 1. The number of aliphatic carboxylic acids is 1. The van der Waals surface area contributed by atoms with E-state index in [2.05, 4.69) is 0 Å². The molecule has 0 aromatic heterocycles. The lowest BCUT2D eigenvalue weighted by Crippen LogP contribution is -2.24. The van der Waals surface area contributed by atoms with Crippen LogP contribution in [0.15, 0.2) is 30.3 Å². The largest absolute Gasteiger partial charge is 0.481 e. The first-order valence-electron chi connectivity index (χ1n) is 5.34. The number of carboxylic acid groups (broad SMARTS) is 1. The van der Waals surface area contributed by atoms with Gasteiger partial charge in [-0.2, -0.15) is 0 Å². The lowest BCUT2D eigenvalue weighted by Gasteiger charge is -2.10. The number of ketones is 2. The fourth-order valence-corrected chi connectivity index (χ4v) is 1.52. The third-order valence-electron chi connectivity index (χ3n) is 2.46. The van der Waals surface area contributed by atoms with Gasteiger partial charge >= 0.3 is 5.97 Å². The number of rotatable bonds is 6. The van der Waals surface area contributed by atoms with Crippen molar-refractivity contribution in [3.8, 4) is 0 Å². The van der Waals surface area contributed by atoms with Gasteiger partial charge in [-0.25, -0.2) is 0 Å². The van der Waals surface area contributed by atoms with Crippen LogP contribution in [0.2, 0.25) is 0 Å². The Bertz CT molecular complexity index is 422. The van der Waals surface area contributed by atoms with Crippen molar-refractivity contribution in [2.75, 3.05) is 0 Å². The molecule has 1 aromatic carbocycles. The van der Waals surface area contributed by atoms with E-state index >= 15 is 0 Å². The number of carbonyl (C=O) groups excluding carboxylic acids is 2. The van der Waals surface area contributed by atoms with Crippen molar-refractivity contribution in [3.05, 3.63) is 35.9 Å². The van der Waals surface area contributed by atoms with Crippen molar-refractivity contribution < 1.29 is 19.5 Å². The van der Waals surface area contributed by atoms with Crippen molar-refractivity contribution in [3.63, 3.8) is 0 Å². The van der Waals surface area contributed by atoms with Crippen molar-refractivity contribution in [1.29, 1.82) is 0 Å². The minimum absolute atomic E-state index is 0.0540. The van der Waals surface area contributed by atoms with E-state index in [1.54, 1.807) is 30.3 Å². The molecule has 0 amide bonds. The summed E-state index contributed by atoms with van der Waals surface area (Å²) in [6.45, 7) is 1.38. The van der Waals surface area contributed by atoms with Gasteiger partial charge in [0, 0.05) is 12.0 Å². The van der Waals surface area contributed by atoms with E-state index in [0.29, 0.717) is 5.56 Å². The smallest absolute Gasteiger partial charge is 0.314 e. The maximum Gasteiger partial charge on any atom is 0.314 e. The summed E-state index contributed by atoms with van der Waals surface area (Å²) in [6.07, 6.45) is 0.161. The molecule has 17 heavy (non-hydrogen) atoms. The van der Waals surface area contributed by atoms with Crippen molar-refractivity contribution in [1.82, 2.24) is 0 Å². The maximum absolute atomic E-state index is 11.9. The third kappa shape index (κ3) is 3.83. The van der Waals surface area contributed by atoms with E-state index in [4.69, 9.17) is 5.11 Å². The zero-order valence-electron chi connectivity index (χ0n) is 9.55. The van der Waals surface area contributed by atoms with Crippen LogP contribution in [0.5, 0.6) is 0 Å². The number of hydrogen-bond donors (Lipinski definition) is 1. The molecule has 0 spiro atoms. The summed E-state index contributed by atoms with van der Waals surface area (Å²) >= 11 is 0. The van der Waals surface area contributed by atoms with Crippen molar-refractivity contribution in [2.24, 2.45) is 5.92 Å². The maximum atomic E-state index is 11.9. The minimum Gasteiger partial charge on any atom is -0.481 e. The van der Waals surface area contributed by atoms with Gasteiger partial charge in [0.05, 0.1) is 0 Å². The van der Waals surface area contributed by atoms with E-state index in [1.807, 2.05) is 0 Å². The number of Topliss-reactive ketones (excluding diaryl/α,β-unsaturated/α-hetero) is 2. The summed E-state index contributed by atoms with van der Waals surface area (Å²) in [5.74, 6) is -2.88. The van der Waals surface area contributed by atoms with E-state index < -0.39 is 17.7 Å². The molecule has 4 nitrogen and oxygen atoms in total. The van der Waals surface area contributed by atoms with Gasteiger partial charge in [0.25, 0.3) is 0 Å². The lowest BCUT2D eigenvalue weighted by molar-refractivity contribution is -0.140. The highest BCUT2D eigenvalue weighted by Gasteiger charge is 2.27. The van der Waals surface area contributed by atoms with Crippen LogP contribution < -0.4 is 0 Å². The van der Waals surface area contributed by atoms with E-state index in [1.165, 1.54) is 6.92 Å². The monoisotopic (exact) mass is 234 g/mol. The first-order valence-corrected chi connectivity index (χ1v) is 5.34. The van der Waals surface area contributed by atoms with Gasteiger partial charge in [-0.15, -0.1) is 0 Å². The molecule has 0 saturated carbocycles. The first kappa shape index (κ1) is 13.1. The zero-order chi connectivity index (χ0) is 12.8. The average molecular weight is 234 g/mol. The summed E-state index contributed by atoms with van der Waals surface area (Å²) < 4.78 is 0. The SMILES string of the molecule is CC(=O)CCC(C(=O)O)C(=O)c1ccccc1. The molecule has 1 atom stereocenters. The molecular weight excluding hydrogens is 220 g/mol. The van der Waals surface area contributed by atoms with Gasteiger partial charge < -0.3 is 9.90 Å². The molecule has 0 heterocycles. The molecule has 0 aliphatic rings. The number of hydrogen-bond acceptors (Lipinski definition) is 3. The fraction of sp³-hybridized carbons (Fsp3) is 0.308. The molecule has 0 radical (unpaired) electrons. The molecule has 90 valence electrons. The van der Waals surface area contributed by atoms with Gasteiger partial charge in [0.2, 0.25) is 0 Å². The number of benzene rings is 1. The summed E-state index contributed by atoms with van der Waals surface area (Å²) in [6, 6.07) is 8.26. The molecule has 1 aromatic rings. The third-order valence-corrected chi connectivity index (χ3v) is 2.46. The van der Waals surface area contributed by atoms with Gasteiger partial charge in [-0.05, 0) is 13.3 Å². The van der Waals surface area contributed by atoms with Crippen LogP contribution in [0.25, 0.3) is 0 Å². The predicted octanol–water partition coefficient (Wildman–Crippen LogP) is 1.94. The summed E-state index contributed by atoms with van der Waals surface area (Å²) in [5.41, 5.74) is 0.364. The second-order valence-electron chi connectivity index (χ2n) is 3.86. The highest BCUT2D eigenvalue weighted by atomic mass is 16.4. The van der Waals surface area contributed by atoms with E-state index in [-0.39, 0.29) is 18.6 Å². The Hall–Kier alpha value is -1.97. The summed E-state index contributed by atoms with van der Waals surface area (Å²) in [7, 11) is 0. The Morgan fingerprint density at radius 3 is 2.24 bits per heavy atom. The average Bonchev–Trinajstić information content (AvgIpc) is 2.29. The van der Waals surface area contributed by atoms with Crippen LogP contribution in [0.1, 0.15) is 30.1 Å². The highest BCUT2D eigenvalue weighted by Crippen LogP contribution is 2.15. The van der Waals surface area contributed by atoms with E-state index in [0.717, 1.165) is 0 Å². The Morgan fingerprint density at radius 2 is 1.76 bits per heavy atom. The van der Waals surface area contributed by atoms with Crippen molar-refractivity contribution >= 4 is 17.5 Å². The highest BCUT2D eigenvalue weighted by molar-refractivity contribution is 6.08. The molecule has 0 aliphatic carbocycles. The van der Waals surface area contributed by atoms with Gasteiger partial charge in [0.1, 0.15) is 11.7 Å². The Labute approximate surface area is 99.3 Å². The predicted molar refractivity (Wildman–Crippen MR) is 61.8 cm³/mol. The Morgan fingerprint density at radius 1 is 1.18 bits per heavy atom. The normalized spacial score (nSPS) is 11.8. The van der Waals surface area contributed by atoms with Gasteiger partial charge in [-0.3, -0.25) is 9.59 Å². The molecule has 0 fully saturated rings. The fourth-order valence-electron chi connectivity index (χ4n) is 1.52.